The van der Waals surface area contributed by atoms with Gasteiger partial charge in [-0.2, -0.15) is 11.8 Å². The zero-order valence-electron chi connectivity index (χ0n) is 13.5. The zero-order valence-corrected chi connectivity index (χ0v) is 14.4. The van der Waals surface area contributed by atoms with E-state index in [0.29, 0.717) is 17.4 Å². The number of thioether (sulfide) groups is 1. The van der Waals surface area contributed by atoms with Crippen LogP contribution in [-0.2, 0) is 6.42 Å². The highest BCUT2D eigenvalue weighted by Crippen LogP contribution is 2.37. The molecule has 0 bridgehead atoms. The lowest BCUT2D eigenvalue weighted by atomic mass is 9.81. The molecule has 1 atom stereocenters. The second-order valence-electron chi connectivity index (χ2n) is 6.48. The van der Waals surface area contributed by atoms with Crippen LogP contribution in [-0.4, -0.2) is 40.9 Å². The molecule has 3 amide bonds. The number of nitrogens with zero attached hydrogens (tertiary/aromatic N) is 1. The molecule has 0 radical (unpaired) electrons. The first kappa shape index (κ1) is 17.6. The van der Waals surface area contributed by atoms with Gasteiger partial charge in [-0.1, -0.05) is 26.0 Å². The number of nitrogens with one attached hydrogen (secondary N) is 1. The molecule has 23 heavy (non-hydrogen) atoms. The van der Waals surface area contributed by atoms with E-state index >= 15 is 0 Å². The normalized spacial score (nSPS) is 18.6. The molecule has 1 aliphatic heterocycles. The van der Waals surface area contributed by atoms with Crippen molar-refractivity contribution in [2.24, 2.45) is 17.0 Å². The summed E-state index contributed by atoms with van der Waals surface area (Å²) in [6, 6.07) is 7.11. The number of carbonyl (C=O) groups excluding carboxylic acids is 2. The highest BCUT2D eigenvalue weighted by Gasteiger charge is 2.35. The highest BCUT2D eigenvalue weighted by atomic mass is 32.2. The van der Waals surface area contributed by atoms with Crippen molar-refractivity contribution in [3.05, 3.63) is 35.4 Å². The maximum absolute atomic E-state index is 11.5. The summed E-state index contributed by atoms with van der Waals surface area (Å²) in [7, 11) is 0. The van der Waals surface area contributed by atoms with Gasteiger partial charge in [-0.15, -0.1) is 0 Å². The molecule has 1 saturated heterocycles. The van der Waals surface area contributed by atoms with Crippen molar-refractivity contribution >= 4 is 23.7 Å². The van der Waals surface area contributed by atoms with Crippen LogP contribution in [0.2, 0.25) is 0 Å². The molecule has 6 nitrogen and oxygen atoms in total. The van der Waals surface area contributed by atoms with E-state index in [-0.39, 0.29) is 17.4 Å². The topological polar surface area (TPSA) is 101 Å². The predicted molar refractivity (Wildman–Crippen MR) is 93.0 cm³/mol. The first-order chi connectivity index (χ1) is 10.8. The smallest absolute Gasteiger partial charge is 0.314 e. The van der Waals surface area contributed by atoms with Crippen LogP contribution in [0.3, 0.4) is 0 Å². The first-order valence-corrected chi connectivity index (χ1v) is 8.64. The van der Waals surface area contributed by atoms with Crippen LogP contribution in [0.25, 0.3) is 0 Å². The molecule has 1 heterocycles. The third-order valence-electron chi connectivity index (χ3n) is 4.26. The van der Waals surface area contributed by atoms with Gasteiger partial charge < -0.3 is 10.6 Å². The number of nitrogens with two attached hydrogens (primary N) is 2. The minimum atomic E-state index is -0.344. The Bertz CT molecular complexity index is 574. The molecule has 1 unspecified atom stereocenters. The summed E-state index contributed by atoms with van der Waals surface area (Å²) in [6.45, 7) is 5.81. The van der Waals surface area contributed by atoms with Gasteiger partial charge in [-0.05, 0) is 29.5 Å². The van der Waals surface area contributed by atoms with Crippen LogP contribution in [0.4, 0.5) is 4.79 Å². The monoisotopic (exact) mass is 336 g/mol. The van der Waals surface area contributed by atoms with Crippen molar-refractivity contribution in [3.63, 3.8) is 0 Å². The van der Waals surface area contributed by atoms with Crippen LogP contribution in [0, 0.1) is 5.41 Å². The molecule has 0 saturated carbocycles. The Hall–Kier alpha value is -1.73. The van der Waals surface area contributed by atoms with E-state index in [1.807, 2.05) is 23.9 Å². The Kier molecular flexibility index (Phi) is 5.54. The number of hydrazine groups is 1. The lowest BCUT2D eigenvalue weighted by Crippen LogP contribution is -2.49. The molecule has 0 aromatic heterocycles. The third-order valence-corrected chi connectivity index (χ3v) is 5.86. The molecule has 1 aromatic carbocycles. The lowest BCUT2D eigenvalue weighted by molar-refractivity contribution is 0.0953. The Morgan fingerprint density at radius 2 is 2.00 bits per heavy atom. The maximum atomic E-state index is 11.5. The SMILES string of the molecule is CC(C)(Cc1ccc(C(=O)NN)cc1)C1CN(C(N)=O)CCS1. The Morgan fingerprint density at radius 1 is 1.35 bits per heavy atom. The molecule has 2 rings (SSSR count). The molecular weight excluding hydrogens is 312 g/mol. The van der Waals surface area contributed by atoms with Gasteiger partial charge in [0.25, 0.3) is 5.91 Å². The van der Waals surface area contributed by atoms with E-state index in [1.165, 1.54) is 0 Å². The molecule has 5 N–H and O–H groups in total. The average Bonchev–Trinajstić information content (AvgIpc) is 2.54. The van der Waals surface area contributed by atoms with Crippen LogP contribution in [0.15, 0.2) is 24.3 Å². The second-order valence-corrected chi connectivity index (χ2v) is 7.79. The van der Waals surface area contributed by atoms with E-state index in [9.17, 15) is 9.59 Å². The van der Waals surface area contributed by atoms with Gasteiger partial charge in [0.05, 0.1) is 0 Å². The number of nitrogen functional groups attached to an aromatic ring is 1. The number of rotatable bonds is 4. The van der Waals surface area contributed by atoms with Gasteiger partial charge in [-0.25, -0.2) is 10.6 Å². The summed E-state index contributed by atoms with van der Waals surface area (Å²) in [4.78, 5) is 24.6. The number of urea groups is 1. The number of amides is 3. The fourth-order valence-corrected chi connectivity index (χ4v) is 4.25. The summed E-state index contributed by atoms with van der Waals surface area (Å²) >= 11 is 1.89. The number of benzene rings is 1. The van der Waals surface area contributed by atoms with E-state index in [4.69, 9.17) is 11.6 Å². The van der Waals surface area contributed by atoms with Crippen molar-refractivity contribution in [3.8, 4) is 0 Å². The van der Waals surface area contributed by atoms with Crippen molar-refractivity contribution in [1.29, 1.82) is 0 Å². The fourth-order valence-electron chi connectivity index (χ4n) is 2.82. The van der Waals surface area contributed by atoms with Crippen molar-refractivity contribution in [1.82, 2.24) is 10.3 Å². The van der Waals surface area contributed by atoms with E-state index < -0.39 is 0 Å². The number of hydrogen-bond donors (Lipinski definition) is 3. The summed E-state index contributed by atoms with van der Waals surface area (Å²) in [5.41, 5.74) is 9.24. The molecule has 1 aliphatic rings. The molecular formula is C16H24N4O2S. The number of primary amides is 1. The lowest BCUT2D eigenvalue weighted by Gasteiger charge is -2.40. The van der Waals surface area contributed by atoms with Crippen molar-refractivity contribution in [2.75, 3.05) is 18.8 Å². The van der Waals surface area contributed by atoms with Crippen LogP contribution in [0.1, 0.15) is 29.8 Å². The third kappa shape index (κ3) is 4.39. The highest BCUT2D eigenvalue weighted by molar-refractivity contribution is 8.00. The summed E-state index contributed by atoms with van der Waals surface area (Å²) in [5.74, 6) is 5.75. The van der Waals surface area contributed by atoms with Crippen LogP contribution in [0.5, 0.6) is 0 Å². The molecule has 126 valence electrons. The van der Waals surface area contributed by atoms with Crippen LogP contribution < -0.4 is 17.0 Å². The van der Waals surface area contributed by atoms with Crippen molar-refractivity contribution < 1.29 is 9.59 Å². The molecule has 0 aliphatic carbocycles. The predicted octanol–water partition coefficient (Wildman–Crippen LogP) is 1.35. The van der Waals surface area contributed by atoms with Crippen molar-refractivity contribution in [2.45, 2.75) is 25.5 Å². The van der Waals surface area contributed by atoms with E-state index in [2.05, 4.69) is 19.3 Å². The number of carbonyl (C=O) groups is 2. The fraction of sp³-hybridized carbons (Fsp3) is 0.500. The Balaban J connectivity index is 2.05. The number of hydrogen-bond acceptors (Lipinski definition) is 4. The maximum Gasteiger partial charge on any atom is 0.314 e. The summed E-state index contributed by atoms with van der Waals surface area (Å²) in [5, 5.41) is 0.329. The minimum Gasteiger partial charge on any atom is -0.351 e. The van der Waals surface area contributed by atoms with Gasteiger partial charge in [-0.3, -0.25) is 10.2 Å². The molecule has 0 spiro atoms. The second kappa shape index (κ2) is 7.23. The first-order valence-electron chi connectivity index (χ1n) is 7.59. The van der Waals surface area contributed by atoms with E-state index in [0.717, 1.165) is 24.3 Å². The van der Waals surface area contributed by atoms with E-state index in [1.54, 1.807) is 17.0 Å². The standard InChI is InChI=1S/C16H24N4O2S/c1-16(2,13-10-20(15(17)22)7-8-23-13)9-11-3-5-12(6-4-11)14(21)19-18/h3-6,13H,7-10,18H2,1-2H3,(H2,17,22)(H,19,21). The Labute approximate surface area is 140 Å². The average molecular weight is 336 g/mol. The molecule has 1 aromatic rings. The van der Waals surface area contributed by atoms with Gasteiger partial charge >= 0.3 is 6.03 Å². The zero-order chi connectivity index (χ0) is 17.0. The molecule has 1 fully saturated rings. The van der Waals surface area contributed by atoms with Gasteiger partial charge in [0.2, 0.25) is 0 Å². The Morgan fingerprint density at radius 3 is 2.57 bits per heavy atom. The summed E-state index contributed by atoms with van der Waals surface area (Å²) in [6.07, 6.45) is 0.863. The quantitative estimate of drug-likeness (QED) is 0.439. The minimum absolute atomic E-state index is 0.0103. The van der Waals surface area contributed by atoms with Gasteiger partial charge in [0.15, 0.2) is 0 Å². The summed E-state index contributed by atoms with van der Waals surface area (Å²) < 4.78 is 0. The van der Waals surface area contributed by atoms with Crippen LogP contribution >= 0.6 is 11.8 Å². The largest absolute Gasteiger partial charge is 0.351 e. The molecule has 7 heteroatoms. The van der Waals surface area contributed by atoms with Gasteiger partial charge in [0.1, 0.15) is 0 Å². The van der Waals surface area contributed by atoms with Gasteiger partial charge in [0, 0.05) is 29.7 Å².